The van der Waals surface area contributed by atoms with E-state index in [1.807, 2.05) is 4.90 Å². The van der Waals surface area contributed by atoms with Crippen molar-refractivity contribution < 1.29 is 9.59 Å². The minimum absolute atomic E-state index is 0.0144. The Morgan fingerprint density at radius 3 is 2.69 bits per heavy atom. The molecule has 1 rings (SSSR count). The van der Waals surface area contributed by atoms with Gasteiger partial charge in [0.25, 0.3) is 0 Å². The largest absolute Gasteiger partial charge is 0.344 e. The van der Waals surface area contributed by atoms with E-state index in [4.69, 9.17) is 5.73 Å². The van der Waals surface area contributed by atoms with E-state index in [0.717, 1.165) is 19.4 Å². The summed E-state index contributed by atoms with van der Waals surface area (Å²) in [5.74, 6) is 0.0135. The molecule has 0 bridgehead atoms. The first-order valence-corrected chi connectivity index (χ1v) is 5.71. The summed E-state index contributed by atoms with van der Waals surface area (Å²) in [6.45, 7) is 4.60. The van der Waals surface area contributed by atoms with E-state index >= 15 is 0 Å². The monoisotopic (exact) mass is 227 g/mol. The van der Waals surface area contributed by atoms with Crippen LogP contribution in [-0.2, 0) is 9.59 Å². The van der Waals surface area contributed by atoms with Crippen molar-refractivity contribution in [2.24, 2.45) is 5.73 Å². The highest BCUT2D eigenvalue weighted by Gasteiger charge is 2.31. The van der Waals surface area contributed by atoms with E-state index < -0.39 is 6.04 Å². The Balaban J connectivity index is 2.59. The molecule has 0 spiro atoms. The van der Waals surface area contributed by atoms with Crippen molar-refractivity contribution in [2.75, 3.05) is 20.1 Å². The Morgan fingerprint density at radius 2 is 2.19 bits per heavy atom. The van der Waals surface area contributed by atoms with E-state index in [1.165, 1.54) is 6.92 Å². The smallest absolute Gasteiger partial charge is 0.239 e. The number of likely N-dealkylation sites (N-methyl/N-ethyl adjacent to an activating group) is 1. The molecule has 2 N–H and O–H groups in total. The van der Waals surface area contributed by atoms with Gasteiger partial charge in [0.1, 0.15) is 0 Å². The van der Waals surface area contributed by atoms with Gasteiger partial charge in [0.15, 0.2) is 0 Å². The van der Waals surface area contributed by atoms with Crippen molar-refractivity contribution in [1.82, 2.24) is 9.80 Å². The van der Waals surface area contributed by atoms with Gasteiger partial charge in [0.2, 0.25) is 11.8 Å². The number of amides is 2. The van der Waals surface area contributed by atoms with Crippen LogP contribution in [0.2, 0.25) is 0 Å². The Labute approximate surface area is 96.6 Å². The molecule has 0 radical (unpaired) electrons. The van der Waals surface area contributed by atoms with Crippen LogP contribution in [0, 0.1) is 0 Å². The van der Waals surface area contributed by atoms with Crippen LogP contribution in [0.25, 0.3) is 0 Å². The molecule has 2 amide bonds. The summed E-state index contributed by atoms with van der Waals surface area (Å²) in [6.07, 6.45) is 1.95. The third kappa shape index (κ3) is 2.95. The van der Waals surface area contributed by atoms with Crippen molar-refractivity contribution in [2.45, 2.75) is 38.8 Å². The van der Waals surface area contributed by atoms with E-state index in [2.05, 4.69) is 0 Å². The molecule has 0 aromatic carbocycles. The summed E-state index contributed by atoms with van der Waals surface area (Å²) in [5.41, 5.74) is 5.60. The molecule has 0 aromatic heterocycles. The first kappa shape index (κ1) is 13.0. The zero-order valence-corrected chi connectivity index (χ0v) is 10.3. The number of carbonyl (C=O) groups is 2. The molecule has 1 heterocycles. The number of hydrogen-bond acceptors (Lipinski definition) is 3. The molecule has 2 atom stereocenters. The Hall–Kier alpha value is -1.10. The van der Waals surface area contributed by atoms with Gasteiger partial charge < -0.3 is 15.5 Å². The summed E-state index contributed by atoms with van der Waals surface area (Å²) in [5, 5.41) is 0. The average molecular weight is 227 g/mol. The van der Waals surface area contributed by atoms with Crippen molar-refractivity contribution in [3.05, 3.63) is 0 Å². The lowest BCUT2D eigenvalue weighted by atomic mass is 10.2. The van der Waals surface area contributed by atoms with E-state index in [9.17, 15) is 9.59 Å². The third-order valence-electron chi connectivity index (χ3n) is 3.07. The number of nitrogens with zero attached hydrogens (tertiary/aromatic N) is 2. The van der Waals surface area contributed by atoms with E-state index in [1.54, 1.807) is 18.9 Å². The molecule has 1 fully saturated rings. The van der Waals surface area contributed by atoms with Crippen LogP contribution >= 0.6 is 0 Å². The molecule has 1 aliphatic heterocycles. The zero-order valence-electron chi connectivity index (χ0n) is 10.3. The van der Waals surface area contributed by atoms with Gasteiger partial charge in [-0.2, -0.15) is 0 Å². The summed E-state index contributed by atoms with van der Waals surface area (Å²) < 4.78 is 0. The van der Waals surface area contributed by atoms with Crippen molar-refractivity contribution in [1.29, 1.82) is 0 Å². The van der Waals surface area contributed by atoms with Crippen LogP contribution in [0.4, 0.5) is 0 Å². The Kier molecular flexibility index (Phi) is 4.29. The number of nitrogens with two attached hydrogens (primary N) is 1. The molecule has 1 saturated heterocycles. The predicted molar refractivity (Wildman–Crippen MR) is 61.7 cm³/mol. The summed E-state index contributed by atoms with van der Waals surface area (Å²) >= 11 is 0. The van der Waals surface area contributed by atoms with Gasteiger partial charge in [-0.3, -0.25) is 9.59 Å². The summed E-state index contributed by atoms with van der Waals surface area (Å²) in [4.78, 5) is 26.4. The average Bonchev–Trinajstić information content (AvgIpc) is 2.64. The number of rotatable bonds is 3. The summed E-state index contributed by atoms with van der Waals surface area (Å²) in [6, 6.07) is -0.323. The fourth-order valence-electron chi connectivity index (χ4n) is 2.02. The normalized spacial score (nSPS) is 22.0. The SMILES string of the molecule is CC(=O)N(C)C[C@H]1CCCN1C(=O)[C@H](C)N. The molecule has 16 heavy (non-hydrogen) atoms. The first-order valence-electron chi connectivity index (χ1n) is 5.71. The van der Waals surface area contributed by atoms with Gasteiger partial charge >= 0.3 is 0 Å². The van der Waals surface area contributed by atoms with Gasteiger partial charge in [0.05, 0.1) is 6.04 Å². The van der Waals surface area contributed by atoms with Crippen molar-refractivity contribution in [3.63, 3.8) is 0 Å². The molecule has 0 saturated carbocycles. The second-order valence-electron chi connectivity index (χ2n) is 4.52. The number of hydrogen-bond donors (Lipinski definition) is 1. The molecule has 5 nitrogen and oxygen atoms in total. The predicted octanol–water partition coefficient (Wildman–Crippen LogP) is -0.197. The van der Waals surface area contributed by atoms with Crippen LogP contribution < -0.4 is 5.73 Å². The van der Waals surface area contributed by atoms with Crippen LogP contribution in [0.15, 0.2) is 0 Å². The minimum Gasteiger partial charge on any atom is -0.344 e. The standard InChI is InChI=1S/C11H21N3O2/c1-8(12)11(16)14-6-4-5-10(14)7-13(3)9(2)15/h8,10H,4-7,12H2,1-3H3/t8-,10+/m0/s1. The van der Waals surface area contributed by atoms with Gasteiger partial charge in [-0.25, -0.2) is 0 Å². The van der Waals surface area contributed by atoms with Gasteiger partial charge in [-0.15, -0.1) is 0 Å². The lowest BCUT2D eigenvalue weighted by Crippen LogP contribution is -2.48. The second kappa shape index (κ2) is 5.30. The fourth-order valence-corrected chi connectivity index (χ4v) is 2.02. The molecule has 92 valence electrons. The van der Waals surface area contributed by atoms with Crippen molar-refractivity contribution in [3.8, 4) is 0 Å². The van der Waals surface area contributed by atoms with Gasteiger partial charge in [-0.05, 0) is 19.8 Å². The highest BCUT2D eigenvalue weighted by atomic mass is 16.2. The highest BCUT2D eigenvalue weighted by molar-refractivity contribution is 5.82. The molecule has 0 aliphatic carbocycles. The van der Waals surface area contributed by atoms with Crippen LogP contribution in [0.3, 0.4) is 0 Å². The maximum Gasteiger partial charge on any atom is 0.239 e. The lowest BCUT2D eigenvalue weighted by Gasteiger charge is -2.29. The van der Waals surface area contributed by atoms with Gasteiger partial charge in [0, 0.05) is 33.1 Å². The van der Waals surface area contributed by atoms with Crippen LogP contribution in [0.1, 0.15) is 26.7 Å². The molecule has 0 unspecified atom stereocenters. The fraction of sp³-hybridized carbons (Fsp3) is 0.818. The van der Waals surface area contributed by atoms with E-state index in [0.29, 0.717) is 6.54 Å². The highest BCUT2D eigenvalue weighted by Crippen LogP contribution is 2.18. The molecular weight excluding hydrogens is 206 g/mol. The molecule has 0 aromatic rings. The third-order valence-corrected chi connectivity index (χ3v) is 3.07. The maximum atomic E-state index is 11.8. The van der Waals surface area contributed by atoms with Gasteiger partial charge in [-0.1, -0.05) is 0 Å². The number of likely N-dealkylation sites (tertiary alicyclic amines) is 1. The minimum atomic E-state index is -0.455. The lowest BCUT2D eigenvalue weighted by molar-refractivity contribution is -0.135. The number of carbonyl (C=O) groups excluding carboxylic acids is 2. The molecular formula is C11H21N3O2. The Morgan fingerprint density at radius 1 is 1.56 bits per heavy atom. The zero-order chi connectivity index (χ0) is 12.3. The first-order chi connectivity index (χ1) is 7.43. The summed E-state index contributed by atoms with van der Waals surface area (Å²) in [7, 11) is 1.76. The van der Waals surface area contributed by atoms with E-state index in [-0.39, 0.29) is 17.9 Å². The van der Waals surface area contributed by atoms with Crippen LogP contribution in [0.5, 0.6) is 0 Å². The van der Waals surface area contributed by atoms with Crippen LogP contribution in [-0.4, -0.2) is 53.8 Å². The quantitative estimate of drug-likeness (QED) is 0.726. The topological polar surface area (TPSA) is 66.6 Å². The Bertz CT molecular complexity index is 278. The molecule has 5 heteroatoms. The second-order valence-corrected chi connectivity index (χ2v) is 4.52. The maximum absolute atomic E-state index is 11.8. The van der Waals surface area contributed by atoms with Crippen molar-refractivity contribution >= 4 is 11.8 Å². The molecule has 1 aliphatic rings.